The molecule has 0 saturated heterocycles. The Balaban J connectivity index is 2.16. The van der Waals surface area contributed by atoms with Crippen molar-refractivity contribution in [1.29, 1.82) is 0 Å². The molecule has 0 radical (unpaired) electrons. The molecule has 1 aliphatic carbocycles. The molecular weight excluding hydrogens is 278 g/mol. The van der Waals surface area contributed by atoms with Gasteiger partial charge in [0.15, 0.2) is 5.16 Å². The van der Waals surface area contributed by atoms with Gasteiger partial charge >= 0.3 is 5.97 Å². The molecule has 110 valence electrons. The van der Waals surface area contributed by atoms with Crippen LogP contribution in [0.3, 0.4) is 0 Å². The van der Waals surface area contributed by atoms with Crippen molar-refractivity contribution in [2.24, 2.45) is 5.92 Å². The quantitative estimate of drug-likeness (QED) is 0.513. The number of nitrogens with zero attached hydrogens (tertiary/aromatic N) is 1. The largest absolute Gasteiger partial charge is 0.480 e. The van der Waals surface area contributed by atoms with E-state index in [0.29, 0.717) is 23.1 Å². The van der Waals surface area contributed by atoms with Crippen molar-refractivity contribution in [3.05, 3.63) is 22.1 Å². The standard InChI is InChI=1S/C13H19N3O3S/c1-3-14-13(11(18)19,9-4-5-9)7-20-12-15-8(2)6-10(17)16-12/h6,9,14H,3-5,7H2,1-2H3,(H,18,19)(H,15,16,17). The fourth-order valence-electron chi connectivity index (χ4n) is 2.32. The van der Waals surface area contributed by atoms with Crippen molar-refractivity contribution in [2.75, 3.05) is 12.3 Å². The summed E-state index contributed by atoms with van der Waals surface area (Å²) < 4.78 is 0. The Morgan fingerprint density at radius 2 is 2.35 bits per heavy atom. The van der Waals surface area contributed by atoms with Crippen LogP contribution in [0.2, 0.25) is 0 Å². The average molecular weight is 297 g/mol. The Hall–Kier alpha value is -1.34. The highest BCUT2D eigenvalue weighted by Gasteiger charge is 2.50. The van der Waals surface area contributed by atoms with Gasteiger partial charge in [0.2, 0.25) is 0 Å². The molecule has 1 fully saturated rings. The highest BCUT2D eigenvalue weighted by atomic mass is 32.2. The van der Waals surface area contributed by atoms with Crippen LogP contribution in [0.4, 0.5) is 0 Å². The van der Waals surface area contributed by atoms with E-state index in [1.54, 1.807) is 6.92 Å². The zero-order chi connectivity index (χ0) is 14.8. The lowest BCUT2D eigenvalue weighted by Gasteiger charge is -2.29. The first-order valence-corrected chi connectivity index (χ1v) is 7.65. The van der Waals surface area contributed by atoms with Crippen molar-refractivity contribution in [1.82, 2.24) is 15.3 Å². The minimum absolute atomic E-state index is 0.156. The number of H-pyrrole nitrogens is 1. The number of nitrogens with one attached hydrogen (secondary N) is 2. The van der Waals surface area contributed by atoms with E-state index in [2.05, 4.69) is 15.3 Å². The van der Waals surface area contributed by atoms with Crippen LogP contribution < -0.4 is 10.9 Å². The highest BCUT2D eigenvalue weighted by molar-refractivity contribution is 7.99. The van der Waals surface area contributed by atoms with E-state index >= 15 is 0 Å². The third-order valence-electron chi connectivity index (χ3n) is 3.43. The second kappa shape index (κ2) is 5.97. The van der Waals surface area contributed by atoms with Crippen LogP contribution in [0.1, 0.15) is 25.5 Å². The summed E-state index contributed by atoms with van der Waals surface area (Å²) in [6.45, 7) is 4.24. The number of carboxylic acid groups (broad SMARTS) is 1. The first-order chi connectivity index (χ1) is 9.48. The number of thioether (sulfide) groups is 1. The van der Waals surface area contributed by atoms with E-state index in [9.17, 15) is 14.7 Å². The number of aromatic nitrogens is 2. The Morgan fingerprint density at radius 1 is 1.65 bits per heavy atom. The molecule has 0 amide bonds. The number of hydrogen-bond acceptors (Lipinski definition) is 5. The van der Waals surface area contributed by atoms with Gasteiger partial charge in [-0.05, 0) is 32.2 Å². The second-order valence-corrected chi connectivity index (χ2v) is 6.03. The van der Waals surface area contributed by atoms with Gasteiger partial charge in [-0.25, -0.2) is 4.98 Å². The van der Waals surface area contributed by atoms with E-state index in [0.717, 1.165) is 12.8 Å². The fraction of sp³-hybridized carbons (Fsp3) is 0.615. The number of rotatable bonds is 7. The molecule has 1 unspecified atom stereocenters. The molecule has 2 rings (SSSR count). The van der Waals surface area contributed by atoms with Crippen LogP contribution in [0.5, 0.6) is 0 Å². The Labute approximate surface area is 121 Å². The lowest BCUT2D eigenvalue weighted by molar-refractivity contribution is -0.144. The summed E-state index contributed by atoms with van der Waals surface area (Å²) in [7, 11) is 0. The van der Waals surface area contributed by atoms with E-state index in [1.165, 1.54) is 17.8 Å². The Kier molecular flexibility index (Phi) is 4.49. The van der Waals surface area contributed by atoms with E-state index in [4.69, 9.17) is 0 Å². The molecule has 7 heteroatoms. The number of aromatic amines is 1. The number of likely N-dealkylation sites (N-methyl/N-ethyl adjacent to an activating group) is 1. The van der Waals surface area contributed by atoms with Gasteiger partial charge in [0.25, 0.3) is 5.56 Å². The lowest BCUT2D eigenvalue weighted by Crippen LogP contribution is -2.56. The van der Waals surface area contributed by atoms with Crippen LogP contribution in [0.15, 0.2) is 16.0 Å². The number of carbonyl (C=O) groups is 1. The van der Waals surface area contributed by atoms with Crippen LogP contribution in [0.25, 0.3) is 0 Å². The molecule has 0 spiro atoms. The fourth-order valence-corrected chi connectivity index (χ4v) is 3.53. The predicted octanol–water partition coefficient (Wildman–Crippen LogP) is 1.01. The average Bonchev–Trinajstić information content (AvgIpc) is 3.17. The lowest BCUT2D eigenvalue weighted by atomic mass is 9.96. The van der Waals surface area contributed by atoms with Gasteiger partial charge in [0.05, 0.1) is 0 Å². The molecule has 3 N–H and O–H groups in total. The molecule has 1 aliphatic rings. The Morgan fingerprint density at radius 3 is 2.85 bits per heavy atom. The van der Waals surface area contributed by atoms with Crippen molar-refractivity contribution in [3.8, 4) is 0 Å². The first-order valence-electron chi connectivity index (χ1n) is 6.67. The predicted molar refractivity (Wildman–Crippen MR) is 77.1 cm³/mol. The zero-order valence-corrected chi connectivity index (χ0v) is 12.4. The molecule has 1 aromatic heterocycles. The summed E-state index contributed by atoms with van der Waals surface area (Å²) >= 11 is 1.28. The van der Waals surface area contributed by atoms with Crippen LogP contribution in [0, 0.1) is 12.8 Å². The van der Waals surface area contributed by atoms with Gasteiger partial charge in [-0.1, -0.05) is 18.7 Å². The number of aryl methyl sites for hydroxylation is 1. The third-order valence-corrected chi connectivity index (χ3v) is 4.50. The molecule has 1 atom stereocenters. The van der Waals surface area contributed by atoms with Gasteiger partial charge in [0.1, 0.15) is 5.54 Å². The van der Waals surface area contributed by atoms with Crippen LogP contribution in [-0.2, 0) is 4.79 Å². The SMILES string of the molecule is CCNC(CSc1nc(C)cc(=O)[nH]1)(C(=O)O)C1CC1. The van der Waals surface area contributed by atoms with Crippen LogP contribution >= 0.6 is 11.8 Å². The smallest absolute Gasteiger partial charge is 0.325 e. The summed E-state index contributed by atoms with van der Waals surface area (Å²) in [5, 5.41) is 13.2. The maximum atomic E-state index is 11.7. The zero-order valence-electron chi connectivity index (χ0n) is 11.6. The summed E-state index contributed by atoms with van der Waals surface area (Å²) in [6, 6.07) is 1.42. The van der Waals surface area contributed by atoms with Crippen molar-refractivity contribution in [2.45, 2.75) is 37.4 Å². The maximum absolute atomic E-state index is 11.7. The summed E-state index contributed by atoms with van der Waals surface area (Å²) in [5.74, 6) is -0.318. The molecule has 1 heterocycles. The molecule has 1 aromatic rings. The Bertz CT molecular complexity index is 556. The normalized spacial score (nSPS) is 17.7. The highest BCUT2D eigenvalue weighted by Crippen LogP contribution is 2.42. The van der Waals surface area contributed by atoms with Crippen LogP contribution in [-0.4, -0.2) is 38.9 Å². The van der Waals surface area contributed by atoms with Crippen molar-refractivity contribution in [3.63, 3.8) is 0 Å². The van der Waals surface area contributed by atoms with E-state index in [-0.39, 0.29) is 11.5 Å². The monoisotopic (exact) mass is 297 g/mol. The van der Waals surface area contributed by atoms with Gasteiger partial charge in [-0.3, -0.25) is 9.59 Å². The molecule has 0 bridgehead atoms. The van der Waals surface area contributed by atoms with Gasteiger partial charge in [-0.2, -0.15) is 0 Å². The van der Waals surface area contributed by atoms with Gasteiger partial charge < -0.3 is 15.4 Å². The number of hydrogen-bond donors (Lipinski definition) is 3. The molecule has 6 nitrogen and oxygen atoms in total. The van der Waals surface area contributed by atoms with Crippen molar-refractivity contribution >= 4 is 17.7 Å². The van der Waals surface area contributed by atoms with Gasteiger partial charge in [-0.15, -0.1) is 0 Å². The number of carboxylic acids is 1. The molecule has 0 aromatic carbocycles. The molecule has 0 aliphatic heterocycles. The third kappa shape index (κ3) is 3.21. The number of aliphatic carboxylic acids is 1. The minimum Gasteiger partial charge on any atom is -0.480 e. The molecule has 1 saturated carbocycles. The summed E-state index contributed by atoms with van der Waals surface area (Å²) in [6.07, 6.45) is 1.86. The topological polar surface area (TPSA) is 95.1 Å². The van der Waals surface area contributed by atoms with Crippen molar-refractivity contribution < 1.29 is 9.90 Å². The first kappa shape index (κ1) is 15.1. The van der Waals surface area contributed by atoms with E-state index < -0.39 is 11.5 Å². The molecular formula is C13H19N3O3S. The van der Waals surface area contributed by atoms with E-state index in [1.807, 2.05) is 6.92 Å². The minimum atomic E-state index is -0.929. The maximum Gasteiger partial charge on any atom is 0.325 e. The summed E-state index contributed by atoms with van der Waals surface area (Å²) in [5.41, 5.74) is -0.510. The summed E-state index contributed by atoms with van der Waals surface area (Å²) in [4.78, 5) is 29.9. The second-order valence-electron chi connectivity index (χ2n) is 5.06. The molecule has 20 heavy (non-hydrogen) atoms. The van der Waals surface area contributed by atoms with Gasteiger partial charge in [0, 0.05) is 17.5 Å².